The summed E-state index contributed by atoms with van der Waals surface area (Å²) in [5.41, 5.74) is 2.93. The molecule has 1 aliphatic carbocycles. The highest BCUT2D eigenvalue weighted by atomic mass is 79.9. The standard InChI is InChI=1S/C22H22BrN7O/c1-22(21(31)24-2)6-5-13(11-22)9-18-27-12-15-19(23)29-30(20(15)28-18)14-3-4-16-17(10-14)26-8-7-25-16/h3-4,7-8,10,12-13H,5-6,9,11H2,1-2H3,(H,24,31)/t13-,22+/m0/s1. The molecule has 31 heavy (non-hydrogen) atoms. The third kappa shape index (κ3) is 3.56. The molecule has 0 radical (unpaired) electrons. The van der Waals surface area contributed by atoms with E-state index >= 15 is 0 Å². The van der Waals surface area contributed by atoms with E-state index < -0.39 is 0 Å². The zero-order valence-electron chi connectivity index (χ0n) is 17.3. The van der Waals surface area contributed by atoms with Crippen LogP contribution in [0.25, 0.3) is 27.8 Å². The van der Waals surface area contributed by atoms with Crippen molar-refractivity contribution in [3.63, 3.8) is 0 Å². The van der Waals surface area contributed by atoms with E-state index in [1.807, 2.05) is 36.0 Å². The van der Waals surface area contributed by atoms with Gasteiger partial charge in [0.25, 0.3) is 0 Å². The van der Waals surface area contributed by atoms with Crippen molar-refractivity contribution in [2.24, 2.45) is 11.3 Å². The Morgan fingerprint density at radius 2 is 2.06 bits per heavy atom. The molecular formula is C22H22BrN7O. The predicted molar refractivity (Wildman–Crippen MR) is 121 cm³/mol. The third-order valence-corrected chi connectivity index (χ3v) is 6.80. The van der Waals surface area contributed by atoms with Gasteiger partial charge in [-0.3, -0.25) is 14.8 Å². The fourth-order valence-electron chi connectivity index (χ4n) is 4.57. The van der Waals surface area contributed by atoms with Crippen molar-refractivity contribution >= 4 is 43.9 Å². The first-order valence-corrected chi connectivity index (χ1v) is 11.1. The zero-order chi connectivity index (χ0) is 21.6. The summed E-state index contributed by atoms with van der Waals surface area (Å²) >= 11 is 3.53. The van der Waals surface area contributed by atoms with Gasteiger partial charge in [0.05, 0.1) is 22.1 Å². The SMILES string of the molecule is CNC(=O)[C@]1(C)CC[C@@H](Cc2ncc3c(Br)nn(-c4ccc5nccnc5c4)c3n2)C1. The van der Waals surface area contributed by atoms with Crippen LogP contribution in [0.2, 0.25) is 0 Å². The lowest BCUT2D eigenvalue weighted by Gasteiger charge is -2.21. The van der Waals surface area contributed by atoms with E-state index in [-0.39, 0.29) is 11.3 Å². The Bertz CT molecular complexity index is 1300. The van der Waals surface area contributed by atoms with Gasteiger partial charge in [-0.2, -0.15) is 5.10 Å². The maximum atomic E-state index is 12.2. The number of benzene rings is 1. The number of hydrogen-bond donors (Lipinski definition) is 1. The largest absolute Gasteiger partial charge is 0.359 e. The highest BCUT2D eigenvalue weighted by Gasteiger charge is 2.40. The fourth-order valence-corrected chi connectivity index (χ4v) is 5.01. The quantitative estimate of drug-likeness (QED) is 0.479. The molecule has 3 aromatic heterocycles. The van der Waals surface area contributed by atoms with Gasteiger partial charge in [0.15, 0.2) is 5.65 Å². The van der Waals surface area contributed by atoms with E-state index in [1.54, 1.807) is 19.4 Å². The van der Waals surface area contributed by atoms with E-state index in [9.17, 15) is 4.79 Å². The van der Waals surface area contributed by atoms with Crippen molar-refractivity contribution < 1.29 is 4.79 Å². The molecule has 1 amide bonds. The van der Waals surface area contributed by atoms with Crippen molar-refractivity contribution in [1.82, 2.24) is 35.0 Å². The Kier molecular flexibility index (Phi) is 4.92. The van der Waals surface area contributed by atoms with E-state index in [2.05, 4.69) is 41.3 Å². The molecule has 0 bridgehead atoms. The second-order valence-corrected chi connectivity index (χ2v) is 9.16. The van der Waals surface area contributed by atoms with Gasteiger partial charge < -0.3 is 5.32 Å². The molecule has 0 unspecified atom stereocenters. The molecular weight excluding hydrogens is 458 g/mol. The molecule has 1 saturated carbocycles. The summed E-state index contributed by atoms with van der Waals surface area (Å²) in [5.74, 6) is 1.27. The lowest BCUT2D eigenvalue weighted by Crippen LogP contribution is -2.35. The lowest BCUT2D eigenvalue weighted by atomic mass is 9.86. The van der Waals surface area contributed by atoms with E-state index in [0.717, 1.165) is 59.3 Å². The van der Waals surface area contributed by atoms with Gasteiger partial charge in [-0.1, -0.05) is 6.92 Å². The predicted octanol–water partition coefficient (Wildman–Crippen LogP) is 3.62. The van der Waals surface area contributed by atoms with Crippen molar-refractivity contribution in [3.05, 3.63) is 47.2 Å². The van der Waals surface area contributed by atoms with Crippen LogP contribution in [-0.4, -0.2) is 42.7 Å². The minimum Gasteiger partial charge on any atom is -0.359 e. The summed E-state index contributed by atoms with van der Waals surface area (Å²) in [4.78, 5) is 30.4. The highest BCUT2D eigenvalue weighted by molar-refractivity contribution is 9.10. The first-order chi connectivity index (χ1) is 15.0. The van der Waals surface area contributed by atoms with Crippen LogP contribution < -0.4 is 5.32 Å². The monoisotopic (exact) mass is 479 g/mol. The summed E-state index contributed by atoms with van der Waals surface area (Å²) in [6, 6.07) is 5.84. The Morgan fingerprint density at radius 1 is 1.26 bits per heavy atom. The lowest BCUT2D eigenvalue weighted by molar-refractivity contribution is -0.129. The van der Waals surface area contributed by atoms with Gasteiger partial charge in [-0.15, -0.1) is 0 Å². The minimum atomic E-state index is -0.305. The second kappa shape index (κ2) is 7.64. The van der Waals surface area contributed by atoms with Gasteiger partial charge in [0.1, 0.15) is 10.4 Å². The Labute approximate surface area is 187 Å². The van der Waals surface area contributed by atoms with Crippen molar-refractivity contribution in [1.29, 1.82) is 0 Å². The van der Waals surface area contributed by atoms with Crippen LogP contribution in [0, 0.1) is 11.3 Å². The van der Waals surface area contributed by atoms with Crippen LogP contribution in [-0.2, 0) is 11.2 Å². The molecule has 2 atom stereocenters. The number of aromatic nitrogens is 6. The maximum Gasteiger partial charge on any atom is 0.225 e. The number of rotatable bonds is 4. The van der Waals surface area contributed by atoms with Crippen LogP contribution in [0.1, 0.15) is 32.0 Å². The molecule has 1 fully saturated rings. The van der Waals surface area contributed by atoms with E-state index in [4.69, 9.17) is 4.98 Å². The maximum absolute atomic E-state index is 12.2. The number of fused-ring (bicyclic) bond motifs is 2. The molecule has 1 N–H and O–H groups in total. The van der Waals surface area contributed by atoms with Crippen molar-refractivity contribution in [2.45, 2.75) is 32.6 Å². The molecule has 0 spiro atoms. The molecule has 158 valence electrons. The summed E-state index contributed by atoms with van der Waals surface area (Å²) in [7, 11) is 1.70. The van der Waals surface area contributed by atoms with Crippen LogP contribution in [0.5, 0.6) is 0 Å². The van der Waals surface area contributed by atoms with Crippen molar-refractivity contribution in [2.75, 3.05) is 7.05 Å². The summed E-state index contributed by atoms with van der Waals surface area (Å²) < 4.78 is 2.50. The van der Waals surface area contributed by atoms with Gasteiger partial charge in [-0.05, 0) is 59.3 Å². The number of halogens is 1. The normalized spacial score (nSPS) is 21.1. The molecule has 9 heteroatoms. The Morgan fingerprint density at radius 3 is 2.87 bits per heavy atom. The third-order valence-electron chi connectivity index (χ3n) is 6.22. The average Bonchev–Trinajstić information content (AvgIpc) is 3.33. The number of carbonyl (C=O) groups is 1. The average molecular weight is 480 g/mol. The number of nitrogens with one attached hydrogen (secondary N) is 1. The smallest absolute Gasteiger partial charge is 0.225 e. The second-order valence-electron chi connectivity index (χ2n) is 8.41. The molecule has 3 heterocycles. The van der Waals surface area contributed by atoms with E-state index in [0.29, 0.717) is 10.5 Å². The van der Waals surface area contributed by atoms with Gasteiger partial charge in [0.2, 0.25) is 5.91 Å². The summed E-state index contributed by atoms with van der Waals surface area (Å²) in [5, 5.41) is 8.28. The molecule has 4 aromatic rings. The molecule has 0 saturated heterocycles. The highest BCUT2D eigenvalue weighted by Crippen LogP contribution is 2.42. The van der Waals surface area contributed by atoms with E-state index in [1.165, 1.54) is 0 Å². The molecule has 1 aliphatic rings. The number of carbonyl (C=O) groups excluding carboxylic acids is 1. The zero-order valence-corrected chi connectivity index (χ0v) is 18.9. The Balaban J connectivity index is 1.48. The van der Waals surface area contributed by atoms with Crippen LogP contribution in [0.3, 0.4) is 0 Å². The number of hydrogen-bond acceptors (Lipinski definition) is 6. The van der Waals surface area contributed by atoms with Crippen LogP contribution in [0.4, 0.5) is 0 Å². The summed E-state index contributed by atoms with van der Waals surface area (Å²) in [6.45, 7) is 2.05. The van der Waals surface area contributed by atoms with Gasteiger partial charge in [-0.25, -0.2) is 14.6 Å². The molecule has 0 aliphatic heterocycles. The molecule has 8 nitrogen and oxygen atoms in total. The number of amides is 1. The van der Waals surface area contributed by atoms with Crippen LogP contribution in [0.15, 0.2) is 41.4 Å². The minimum absolute atomic E-state index is 0.118. The first-order valence-electron chi connectivity index (χ1n) is 10.3. The number of nitrogens with zero attached hydrogens (tertiary/aromatic N) is 6. The molecule has 5 rings (SSSR count). The van der Waals surface area contributed by atoms with Gasteiger partial charge in [0, 0.05) is 37.5 Å². The Hall–Kier alpha value is -2.94. The molecule has 1 aromatic carbocycles. The van der Waals surface area contributed by atoms with Gasteiger partial charge >= 0.3 is 0 Å². The summed E-state index contributed by atoms with van der Waals surface area (Å²) in [6.07, 6.45) is 8.66. The first kappa shape index (κ1) is 20.0. The van der Waals surface area contributed by atoms with Crippen LogP contribution >= 0.6 is 15.9 Å². The van der Waals surface area contributed by atoms with Crippen molar-refractivity contribution in [3.8, 4) is 5.69 Å². The topological polar surface area (TPSA) is 98.5 Å². The fraction of sp³-hybridized carbons (Fsp3) is 0.364.